The van der Waals surface area contributed by atoms with Gasteiger partial charge in [0.15, 0.2) is 0 Å². The number of rotatable bonds is 5. The van der Waals surface area contributed by atoms with Crippen LogP contribution in [0.15, 0.2) is 23.1 Å². The Morgan fingerprint density at radius 3 is 2.61 bits per heavy atom. The molecule has 1 aromatic rings. The first kappa shape index (κ1) is 25.5. The summed E-state index contributed by atoms with van der Waals surface area (Å²) < 4.78 is 34.5. The maximum atomic E-state index is 13.5. The van der Waals surface area contributed by atoms with E-state index in [0.717, 1.165) is 19.3 Å². The Hall–Kier alpha value is -2.12. The zero-order valence-corrected chi connectivity index (χ0v) is 20.5. The van der Waals surface area contributed by atoms with Gasteiger partial charge >= 0.3 is 0 Å². The fraction of sp³-hybridized carbons (Fsp3) is 0.625. The lowest BCUT2D eigenvalue weighted by Crippen LogP contribution is -2.50. The minimum atomic E-state index is -3.94. The van der Waals surface area contributed by atoms with E-state index in [9.17, 15) is 23.4 Å². The number of ether oxygens (including phenoxy) is 1. The Bertz CT molecular complexity index is 1030. The zero-order valence-electron chi connectivity index (χ0n) is 19.7. The van der Waals surface area contributed by atoms with E-state index in [1.807, 2.05) is 6.92 Å². The Kier molecular flexibility index (Phi) is 8.06. The maximum absolute atomic E-state index is 13.5. The number of hydrogen-bond donors (Lipinski definition) is 2. The van der Waals surface area contributed by atoms with Crippen LogP contribution in [0.2, 0.25) is 0 Å². The second-order valence-corrected chi connectivity index (χ2v) is 11.1. The van der Waals surface area contributed by atoms with Crippen molar-refractivity contribution in [2.45, 2.75) is 63.2 Å². The molecule has 182 valence electrons. The second kappa shape index (κ2) is 10.4. The van der Waals surface area contributed by atoms with Crippen LogP contribution in [0, 0.1) is 23.7 Å². The molecule has 1 amide bonds. The largest absolute Gasteiger partial charge is 0.487 e. The van der Waals surface area contributed by atoms with Gasteiger partial charge in [-0.05, 0) is 44.9 Å². The van der Waals surface area contributed by atoms with Crippen molar-refractivity contribution < 1.29 is 28.2 Å². The predicted octanol–water partition coefficient (Wildman–Crippen LogP) is 1.45. The van der Waals surface area contributed by atoms with Gasteiger partial charge in [-0.25, -0.2) is 8.42 Å². The number of aliphatic hydroxyl groups excluding tert-OH is 2. The molecule has 0 aromatic heterocycles. The van der Waals surface area contributed by atoms with E-state index >= 15 is 0 Å². The van der Waals surface area contributed by atoms with Crippen LogP contribution in [0.25, 0.3) is 0 Å². The molecule has 1 aromatic carbocycles. The number of amides is 1. The zero-order chi connectivity index (χ0) is 24.3. The molecule has 1 saturated carbocycles. The predicted molar refractivity (Wildman–Crippen MR) is 124 cm³/mol. The number of likely N-dealkylation sites (N-methyl/N-ethyl adjacent to an activating group) is 1. The van der Waals surface area contributed by atoms with Crippen molar-refractivity contribution in [3.63, 3.8) is 0 Å². The standard InChI is InChI=1S/C24H34N2O6S/c1-16-13-26(17(2)15-27)33(30,31)23-11-10-19(9-8-18(3)28)12-21(23)32-22(16)14-25(4)24(29)20-6-5-7-20/h10-12,16-18,20,22,27-28H,5-7,13-15H2,1-4H3/t16-,17-,18-,22+/m0/s1. The number of nitrogens with zero attached hydrogens (tertiary/aromatic N) is 2. The van der Waals surface area contributed by atoms with Crippen LogP contribution in [0.3, 0.4) is 0 Å². The van der Waals surface area contributed by atoms with E-state index in [4.69, 9.17) is 4.74 Å². The highest BCUT2D eigenvalue weighted by Gasteiger charge is 2.39. The SMILES string of the molecule is C[C@H](O)C#Cc1ccc2c(c1)O[C@H](CN(C)C(=O)C1CCC1)[C@@H](C)CN([C@@H](C)CO)S2(=O)=O. The molecule has 2 aliphatic rings. The average molecular weight is 479 g/mol. The highest BCUT2D eigenvalue weighted by atomic mass is 32.2. The van der Waals surface area contributed by atoms with E-state index < -0.39 is 28.3 Å². The Morgan fingerprint density at radius 2 is 2.03 bits per heavy atom. The molecule has 2 N–H and O–H groups in total. The summed E-state index contributed by atoms with van der Waals surface area (Å²) in [5, 5.41) is 19.2. The third kappa shape index (κ3) is 5.69. The van der Waals surface area contributed by atoms with Crippen molar-refractivity contribution in [3.8, 4) is 17.6 Å². The van der Waals surface area contributed by atoms with Crippen LogP contribution in [0.1, 0.15) is 45.6 Å². The summed E-state index contributed by atoms with van der Waals surface area (Å²) >= 11 is 0. The Balaban J connectivity index is 2.01. The number of benzene rings is 1. The van der Waals surface area contributed by atoms with E-state index in [1.54, 1.807) is 37.9 Å². The summed E-state index contributed by atoms with van der Waals surface area (Å²) in [5.74, 6) is 5.53. The molecular weight excluding hydrogens is 444 g/mol. The summed E-state index contributed by atoms with van der Waals surface area (Å²) in [5.41, 5.74) is 0.512. The molecule has 0 unspecified atom stereocenters. The van der Waals surface area contributed by atoms with Crippen LogP contribution in [-0.2, 0) is 14.8 Å². The van der Waals surface area contributed by atoms with Gasteiger partial charge in [0.1, 0.15) is 22.9 Å². The molecule has 1 heterocycles. The summed E-state index contributed by atoms with van der Waals surface area (Å²) in [7, 11) is -2.19. The van der Waals surface area contributed by atoms with Gasteiger partial charge in [-0.15, -0.1) is 0 Å². The topological polar surface area (TPSA) is 107 Å². The summed E-state index contributed by atoms with van der Waals surface area (Å²) in [6, 6.07) is 3.96. The number of aliphatic hydroxyl groups is 2. The van der Waals surface area contributed by atoms with Gasteiger partial charge in [0.05, 0.1) is 13.2 Å². The molecule has 1 fully saturated rings. The van der Waals surface area contributed by atoms with Crippen molar-refractivity contribution in [1.29, 1.82) is 0 Å². The van der Waals surface area contributed by atoms with Crippen LogP contribution in [-0.4, -0.2) is 78.7 Å². The Morgan fingerprint density at radius 1 is 1.33 bits per heavy atom. The lowest BCUT2D eigenvalue weighted by Gasteiger charge is -2.38. The van der Waals surface area contributed by atoms with Gasteiger partial charge in [0, 0.05) is 37.0 Å². The number of carbonyl (C=O) groups is 1. The van der Waals surface area contributed by atoms with E-state index in [0.29, 0.717) is 12.1 Å². The third-order valence-electron chi connectivity index (χ3n) is 6.38. The lowest BCUT2D eigenvalue weighted by molar-refractivity contribution is -0.138. The summed E-state index contributed by atoms with van der Waals surface area (Å²) in [4.78, 5) is 14.4. The van der Waals surface area contributed by atoms with E-state index in [2.05, 4.69) is 11.8 Å². The van der Waals surface area contributed by atoms with Crippen LogP contribution >= 0.6 is 0 Å². The molecule has 0 radical (unpaired) electrons. The highest BCUT2D eigenvalue weighted by Crippen LogP contribution is 2.34. The normalized spacial score (nSPS) is 24.5. The first-order valence-electron chi connectivity index (χ1n) is 11.4. The molecule has 3 rings (SSSR count). The number of fused-ring (bicyclic) bond motifs is 1. The minimum absolute atomic E-state index is 0.00438. The maximum Gasteiger partial charge on any atom is 0.247 e. The van der Waals surface area contributed by atoms with Crippen molar-refractivity contribution in [2.75, 3.05) is 26.7 Å². The van der Waals surface area contributed by atoms with Gasteiger partial charge in [-0.2, -0.15) is 4.31 Å². The summed E-state index contributed by atoms with van der Waals surface area (Å²) in [6.07, 6.45) is 1.59. The Labute approximate surface area is 196 Å². The highest BCUT2D eigenvalue weighted by molar-refractivity contribution is 7.89. The molecule has 0 saturated heterocycles. The molecule has 1 aliphatic carbocycles. The molecule has 33 heavy (non-hydrogen) atoms. The third-order valence-corrected chi connectivity index (χ3v) is 8.40. The van der Waals surface area contributed by atoms with Crippen molar-refractivity contribution in [1.82, 2.24) is 9.21 Å². The first-order valence-corrected chi connectivity index (χ1v) is 12.9. The van der Waals surface area contributed by atoms with Crippen LogP contribution in [0.5, 0.6) is 5.75 Å². The first-order chi connectivity index (χ1) is 15.5. The lowest BCUT2D eigenvalue weighted by atomic mass is 9.84. The molecule has 9 heteroatoms. The number of carbonyl (C=O) groups excluding carboxylic acids is 1. The van der Waals surface area contributed by atoms with E-state index in [-0.39, 0.29) is 41.5 Å². The monoisotopic (exact) mass is 478 g/mol. The fourth-order valence-electron chi connectivity index (χ4n) is 4.04. The van der Waals surface area contributed by atoms with Gasteiger partial charge < -0.3 is 19.8 Å². The summed E-state index contributed by atoms with van der Waals surface area (Å²) in [6.45, 7) is 5.26. The van der Waals surface area contributed by atoms with Gasteiger partial charge in [0.2, 0.25) is 15.9 Å². The fourth-order valence-corrected chi connectivity index (χ4v) is 5.86. The molecular formula is C24H34N2O6S. The second-order valence-electron chi connectivity index (χ2n) is 9.19. The van der Waals surface area contributed by atoms with Crippen LogP contribution < -0.4 is 4.74 Å². The smallest absolute Gasteiger partial charge is 0.247 e. The number of hydrogen-bond acceptors (Lipinski definition) is 6. The molecule has 4 atom stereocenters. The minimum Gasteiger partial charge on any atom is -0.487 e. The molecule has 8 nitrogen and oxygen atoms in total. The van der Waals surface area contributed by atoms with Gasteiger partial charge in [-0.1, -0.05) is 25.2 Å². The average Bonchev–Trinajstić information content (AvgIpc) is 2.72. The van der Waals surface area contributed by atoms with Crippen LogP contribution in [0.4, 0.5) is 0 Å². The van der Waals surface area contributed by atoms with E-state index in [1.165, 1.54) is 10.4 Å². The van der Waals surface area contributed by atoms with Gasteiger partial charge in [0.25, 0.3) is 0 Å². The van der Waals surface area contributed by atoms with Crippen molar-refractivity contribution in [2.24, 2.45) is 11.8 Å². The quantitative estimate of drug-likeness (QED) is 0.621. The van der Waals surface area contributed by atoms with Crippen molar-refractivity contribution >= 4 is 15.9 Å². The molecule has 1 aliphatic heterocycles. The number of sulfonamides is 1. The molecule has 0 bridgehead atoms. The van der Waals surface area contributed by atoms with Gasteiger partial charge in [-0.3, -0.25) is 4.79 Å². The molecule has 0 spiro atoms. The van der Waals surface area contributed by atoms with Crippen molar-refractivity contribution in [3.05, 3.63) is 23.8 Å².